The lowest BCUT2D eigenvalue weighted by atomic mass is 10.1. The zero-order chi connectivity index (χ0) is 25.0. The number of imide groups is 2. The minimum atomic E-state index is -0.999. The van der Waals surface area contributed by atoms with Crippen molar-refractivity contribution in [3.8, 4) is 5.75 Å². The summed E-state index contributed by atoms with van der Waals surface area (Å²) in [6.45, 7) is 3.07. The molecule has 1 aromatic rings. The molecule has 184 valence electrons. The van der Waals surface area contributed by atoms with Gasteiger partial charge in [-0.25, -0.2) is 4.90 Å². The van der Waals surface area contributed by atoms with Crippen molar-refractivity contribution in [2.75, 3.05) is 32.9 Å². The van der Waals surface area contributed by atoms with Crippen molar-refractivity contribution in [3.05, 3.63) is 29.8 Å². The topological polar surface area (TPSA) is 163 Å². The second kappa shape index (κ2) is 10.7. The average molecular weight is 476 g/mol. The Morgan fingerprint density at radius 3 is 2.00 bits per heavy atom. The molecule has 2 heterocycles. The molecule has 0 radical (unpaired) electrons. The van der Waals surface area contributed by atoms with Gasteiger partial charge in [-0.2, -0.15) is 0 Å². The number of piperazine rings is 2. The van der Waals surface area contributed by atoms with Crippen molar-refractivity contribution in [2.45, 2.75) is 38.4 Å². The van der Waals surface area contributed by atoms with Crippen molar-refractivity contribution >= 4 is 29.6 Å². The summed E-state index contributed by atoms with van der Waals surface area (Å²) in [4.78, 5) is 65.0. The highest BCUT2D eigenvalue weighted by Crippen LogP contribution is 2.16. The standard InChI is InChI=1S/C22H29N5O7/c1-13(25-8-18(29)24-19(30)9-25)14(2)26-10-20(31)27(21(32)11-26)12-34-22(33)17(23)7-15-3-5-16(28)6-4-15/h3-6,13-14,17,28H,7-12,23H2,1-2H3,(H,24,29,30). The fourth-order valence-corrected chi connectivity index (χ4v) is 3.91. The number of carbonyl (C=O) groups is 5. The molecule has 4 N–H and O–H groups in total. The number of phenols is 1. The van der Waals surface area contributed by atoms with Crippen LogP contribution in [0.4, 0.5) is 0 Å². The largest absolute Gasteiger partial charge is 0.508 e. The zero-order valence-electron chi connectivity index (χ0n) is 19.1. The molecule has 2 fully saturated rings. The maximum absolute atomic E-state index is 12.6. The second-order valence-corrected chi connectivity index (χ2v) is 8.55. The van der Waals surface area contributed by atoms with Crippen molar-refractivity contribution in [1.29, 1.82) is 0 Å². The van der Waals surface area contributed by atoms with Gasteiger partial charge in [0.25, 0.3) is 0 Å². The van der Waals surface area contributed by atoms with Gasteiger partial charge in [0.2, 0.25) is 23.6 Å². The molecular formula is C22H29N5O7. The number of nitrogens with one attached hydrogen (secondary N) is 1. The Morgan fingerprint density at radius 2 is 1.47 bits per heavy atom. The van der Waals surface area contributed by atoms with Crippen LogP contribution in [0.5, 0.6) is 5.75 Å². The van der Waals surface area contributed by atoms with Crippen LogP contribution in [-0.4, -0.2) is 100 Å². The molecule has 0 bridgehead atoms. The third-order valence-electron chi connectivity index (χ3n) is 6.13. The number of phenolic OH excluding ortho intramolecular Hbond substituents is 1. The highest BCUT2D eigenvalue weighted by Gasteiger charge is 2.38. The number of carbonyl (C=O) groups excluding carboxylic acids is 5. The lowest BCUT2D eigenvalue weighted by Gasteiger charge is -2.41. The first-order chi connectivity index (χ1) is 16.0. The van der Waals surface area contributed by atoms with Crippen LogP contribution in [0.2, 0.25) is 0 Å². The van der Waals surface area contributed by atoms with Crippen LogP contribution in [-0.2, 0) is 35.1 Å². The lowest BCUT2D eigenvalue weighted by molar-refractivity contribution is -0.165. The van der Waals surface area contributed by atoms with Gasteiger partial charge in [-0.15, -0.1) is 0 Å². The van der Waals surface area contributed by atoms with Crippen LogP contribution in [0.3, 0.4) is 0 Å². The van der Waals surface area contributed by atoms with Crippen LogP contribution in [0.1, 0.15) is 19.4 Å². The normalized spacial score (nSPS) is 20.6. The summed E-state index contributed by atoms with van der Waals surface area (Å²) < 4.78 is 5.10. The molecule has 0 saturated carbocycles. The predicted molar refractivity (Wildman–Crippen MR) is 118 cm³/mol. The van der Waals surface area contributed by atoms with E-state index in [2.05, 4.69) is 5.32 Å². The van der Waals surface area contributed by atoms with E-state index in [1.807, 2.05) is 13.8 Å². The fraction of sp³-hybridized carbons (Fsp3) is 0.500. The van der Waals surface area contributed by atoms with Crippen LogP contribution >= 0.6 is 0 Å². The van der Waals surface area contributed by atoms with Crippen molar-refractivity contribution in [2.24, 2.45) is 5.73 Å². The lowest BCUT2D eigenvalue weighted by Crippen LogP contribution is -2.62. The third-order valence-corrected chi connectivity index (χ3v) is 6.13. The molecule has 0 aromatic heterocycles. The molecule has 3 unspecified atom stereocenters. The number of nitrogens with zero attached hydrogens (tertiary/aromatic N) is 3. The Kier molecular flexibility index (Phi) is 7.97. The summed E-state index contributed by atoms with van der Waals surface area (Å²) in [5, 5.41) is 11.6. The van der Waals surface area contributed by atoms with Gasteiger partial charge in [-0.05, 0) is 38.0 Å². The Hall–Kier alpha value is -3.35. The summed E-state index contributed by atoms with van der Waals surface area (Å²) >= 11 is 0. The number of rotatable bonds is 8. The van der Waals surface area contributed by atoms with E-state index in [0.717, 1.165) is 10.5 Å². The van der Waals surface area contributed by atoms with Crippen LogP contribution in [0.15, 0.2) is 24.3 Å². The molecule has 1 aromatic carbocycles. The first-order valence-electron chi connectivity index (χ1n) is 10.9. The van der Waals surface area contributed by atoms with E-state index in [1.54, 1.807) is 21.9 Å². The van der Waals surface area contributed by atoms with Gasteiger partial charge in [0.15, 0.2) is 6.73 Å². The number of amides is 4. The summed E-state index contributed by atoms with van der Waals surface area (Å²) in [5.74, 6) is -2.50. The SMILES string of the molecule is CC(C(C)N1CC(=O)N(COC(=O)C(N)Cc2ccc(O)cc2)C(=O)C1)N1CC(=O)NC(=O)C1. The molecule has 34 heavy (non-hydrogen) atoms. The predicted octanol–water partition coefficient (Wildman–Crippen LogP) is -1.83. The van der Waals surface area contributed by atoms with Crippen molar-refractivity contribution < 1.29 is 33.8 Å². The highest BCUT2D eigenvalue weighted by molar-refractivity contribution is 6.00. The summed E-state index contributed by atoms with van der Waals surface area (Å²) in [6.07, 6.45) is 0.168. The number of nitrogens with two attached hydrogens (primary N) is 1. The monoisotopic (exact) mass is 475 g/mol. The molecule has 0 spiro atoms. The number of benzene rings is 1. The first kappa shape index (κ1) is 25.3. The van der Waals surface area contributed by atoms with Crippen LogP contribution in [0.25, 0.3) is 0 Å². The average Bonchev–Trinajstić information content (AvgIpc) is 2.78. The van der Waals surface area contributed by atoms with E-state index in [1.165, 1.54) is 12.1 Å². The minimum Gasteiger partial charge on any atom is -0.508 e. The number of aromatic hydroxyl groups is 1. The first-order valence-corrected chi connectivity index (χ1v) is 10.9. The summed E-state index contributed by atoms with van der Waals surface area (Å²) in [5.41, 5.74) is 6.59. The second-order valence-electron chi connectivity index (χ2n) is 8.55. The highest BCUT2D eigenvalue weighted by atomic mass is 16.5. The smallest absolute Gasteiger partial charge is 0.324 e. The molecule has 3 atom stereocenters. The van der Waals surface area contributed by atoms with Gasteiger partial charge in [0.1, 0.15) is 11.8 Å². The molecule has 3 rings (SSSR count). The van der Waals surface area contributed by atoms with Gasteiger partial charge in [0.05, 0.1) is 26.2 Å². The number of esters is 1. The van der Waals surface area contributed by atoms with E-state index in [0.29, 0.717) is 0 Å². The van der Waals surface area contributed by atoms with E-state index < -0.39 is 42.4 Å². The molecule has 0 aliphatic carbocycles. The molecular weight excluding hydrogens is 446 g/mol. The molecule has 2 aliphatic rings. The molecule has 4 amide bonds. The van der Waals surface area contributed by atoms with Gasteiger partial charge < -0.3 is 15.6 Å². The maximum Gasteiger partial charge on any atom is 0.324 e. The van der Waals surface area contributed by atoms with Crippen molar-refractivity contribution in [3.63, 3.8) is 0 Å². The van der Waals surface area contributed by atoms with E-state index >= 15 is 0 Å². The Labute approximate surface area is 196 Å². The van der Waals surface area contributed by atoms with Gasteiger partial charge in [0, 0.05) is 12.1 Å². The number of ether oxygens (including phenoxy) is 1. The Bertz CT molecular complexity index is 933. The molecule has 2 aliphatic heterocycles. The summed E-state index contributed by atoms with van der Waals surface area (Å²) in [6, 6.07) is 4.65. The Balaban J connectivity index is 1.51. The summed E-state index contributed by atoms with van der Waals surface area (Å²) in [7, 11) is 0. The van der Waals surface area contributed by atoms with Crippen molar-refractivity contribution in [1.82, 2.24) is 20.0 Å². The van der Waals surface area contributed by atoms with Crippen LogP contribution < -0.4 is 11.1 Å². The number of hydrogen-bond acceptors (Lipinski definition) is 10. The molecule has 2 saturated heterocycles. The van der Waals surface area contributed by atoms with Gasteiger partial charge >= 0.3 is 5.97 Å². The van der Waals surface area contributed by atoms with Crippen LogP contribution in [0, 0.1) is 0 Å². The van der Waals surface area contributed by atoms with E-state index in [4.69, 9.17) is 10.5 Å². The molecule has 12 nitrogen and oxygen atoms in total. The zero-order valence-corrected chi connectivity index (χ0v) is 19.1. The van der Waals surface area contributed by atoms with E-state index in [9.17, 15) is 29.1 Å². The van der Waals surface area contributed by atoms with Gasteiger partial charge in [-0.1, -0.05) is 12.1 Å². The van der Waals surface area contributed by atoms with Gasteiger partial charge in [-0.3, -0.25) is 39.1 Å². The third kappa shape index (κ3) is 6.16. The maximum atomic E-state index is 12.6. The minimum absolute atomic E-state index is 0.0550. The Morgan fingerprint density at radius 1 is 0.971 bits per heavy atom. The quantitative estimate of drug-likeness (QED) is 0.288. The molecule has 12 heteroatoms. The fourth-order valence-electron chi connectivity index (χ4n) is 3.91. The number of hydrogen-bond donors (Lipinski definition) is 3. The van der Waals surface area contributed by atoms with E-state index in [-0.39, 0.29) is 50.4 Å².